The topological polar surface area (TPSA) is 61.5 Å². The predicted octanol–water partition coefficient (Wildman–Crippen LogP) is 3.25. The highest BCUT2D eigenvalue weighted by Crippen LogP contribution is 2.23. The number of hydrogen-bond donors (Lipinski definition) is 1. The highest BCUT2D eigenvalue weighted by molar-refractivity contribution is 5.93. The number of anilines is 1. The molecule has 0 bridgehead atoms. The predicted molar refractivity (Wildman–Crippen MR) is 82.4 cm³/mol. The van der Waals surface area contributed by atoms with Crippen LogP contribution in [0.3, 0.4) is 0 Å². The Bertz CT molecular complexity index is 645. The number of nitrogens with two attached hydrogens (primary N) is 1. The quantitative estimate of drug-likeness (QED) is 0.692. The van der Waals surface area contributed by atoms with Crippen LogP contribution in [0.15, 0.2) is 36.4 Å². The van der Waals surface area contributed by atoms with Gasteiger partial charge in [-0.3, -0.25) is 0 Å². The summed E-state index contributed by atoms with van der Waals surface area (Å²) >= 11 is 0. The molecule has 0 spiro atoms. The van der Waals surface area contributed by atoms with Crippen LogP contribution < -0.4 is 10.5 Å². The van der Waals surface area contributed by atoms with Crippen LogP contribution in [-0.2, 0) is 11.3 Å². The van der Waals surface area contributed by atoms with E-state index in [4.69, 9.17) is 15.2 Å². The summed E-state index contributed by atoms with van der Waals surface area (Å²) in [5.41, 5.74) is 9.82. The molecule has 21 heavy (non-hydrogen) atoms. The van der Waals surface area contributed by atoms with Crippen molar-refractivity contribution in [2.24, 2.45) is 0 Å². The second kappa shape index (κ2) is 6.31. The molecule has 0 fully saturated rings. The van der Waals surface area contributed by atoms with Crippen molar-refractivity contribution < 1.29 is 14.3 Å². The van der Waals surface area contributed by atoms with E-state index in [-0.39, 0.29) is 6.61 Å². The number of esters is 1. The minimum absolute atomic E-state index is 0.241. The molecular weight excluding hydrogens is 266 g/mol. The number of hydrogen-bond acceptors (Lipinski definition) is 4. The molecule has 0 amide bonds. The fourth-order valence-electron chi connectivity index (χ4n) is 2.17. The monoisotopic (exact) mass is 285 g/mol. The lowest BCUT2D eigenvalue weighted by Crippen LogP contribution is -2.09. The molecule has 0 aromatic heterocycles. The number of aryl methyl sites for hydroxylation is 2. The molecule has 4 heteroatoms. The van der Waals surface area contributed by atoms with Gasteiger partial charge in [0.05, 0.1) is 7.11 Å². The molecule has 2 rings (SSSR count). The molecule has 0 atom stereocenters. The van der Waals surface area contributed by atoms with E-state index >= 15 is 0 Å². The van der Waals surface area contributed by atoms with Gasteiger partial charge in [-0.1, -0.05) is 18.2 Å². The molecule has 0 unspecified atom stereocenters. The second-order valence-electron chi connectivity index (χ2n) is 4.91. The minimum Gasteiger partial charge on any atom is -0.496 e. The lowest BCUT2D eigenvalue weighted by molar-refractivity contribution is 0.0468. The first kappa shape index (κ1) is 14.9. The van der Waals surface area contributed by atoms with E-state index in [1.807, 2.05) is 32.0 Å². The van der Waals surface area contributed by atoms with Crippen molar-refractivity contribution in [3.8, 4) is 5.75 Å². The summed E-state index contributed by atoms with van der Waals surface area (Å²) in [6, 6.07) is 10.9. The third-order valence-electron chi connectivity index (χ3n) is 3.44. The maximum Gasteiger partial charge on any atom is 0.342 e. The molecule has 0 saturated carbocycles. The van der Waals surface area contributed by atoms with Gasteiger partial charge in [0.25, 0.3) is 0 Å². The zero-order valence-corrected chi connectivity index (χ0v) is 12.5. The van der Waals surface area contributed by atoms with Crippen molar-refractivity contribution in [3.63, 3.8) is 0 Å². The number of nitrogen functional groups attached to an aromatic ring is 1. The number of rotatable bonds is 4. The number of ether oxygens (including phenoxy) is 2. The molecule has 0 heterocycles. The van der Waals surface area contributed by atoms with E-state index in [2.05, 4.69) is 0 Å². The molecule has 2 aromatic carbocycles. The maximum absolute atomic E-state index is 12.2. The van der Waals surface area contributed by atoms with Gasteiger partial charge in [0.15, 0.2) is 0 Å². The first-order chi connectivity index (χ1) is 10.0. The normalized spacial score (nSPS) is 10.2. The van der Waals surface area contributed by atoms with Crippen LogP contribution in [0.5, 0.6) is 5.75 Å². The third-order valence-corrected chi connectivity index (χ3v) is 3.44. The van der Waals surface area contributed by atoms with Gasteiger partial charge in [-0.25, -0.2) is 4.79 Å². The summed E-state index contributed by atoms with van der Waals surface area (Å²) in [6.07, 6.45) is 0. The molecule has 0 saturated heterocycles. The number of methoxy groups -OCH3 is 1. The summed E-state index contributed by atoms with van der Waals surface area (Å²) < 4.78 is 10.6. The molecular formula is C17H19NO3. The van der Waals surface area contributed by atoms with Crippen LogP contribution >= 0.6 is 0 Å². The first-order valence-electron chi connectivity index (χ1n) is 6.68. The maximum atomic E-state index is 12.2. The summed E-state index contributed by atoms with van der Waals surface area (Å²) in [4.78, 5) is 12.2. The minimum atomic E-state index is -0.422. The van der Waals surface area contributed by atoms with Gasteiger partial charge < -0.3 is 15.2 Å². The Morgan fingerprint density at radius 1 is 1.14 bits per heavy atom. The third kappa shape index (κ3) is 3.34. The van der Waals surface area contributed by atoms with Gasteiger partial charge in [-0.2, -0.15) is 0 Å². The Balaban J connectivity index is 2.16. The molecule has 0 aliphatic carbocycles. The lowest BCUT2D eigenvalue weighted by Gasteiger charge is -2.12. The Labute approximate surface area is 124 Å². The highest BCUT2D eigenvalue weighted by Gasteiger charge is 2.15. The van der Waals surface area contributed by atoms with E-state index in [9.17, 15) is 4.79 Å². The zero-order valence-electron chi connectivity index (χ0n) is 12.5. The van der Waals surface area contributed by atoms with Gasteiger partial charge in [-0.05, 0) is 42.7 Å². The molecule has 0 aliphatic heterocycles. The summed E-state index contributed by atoms with van der Waals surface area (Å²) in [6.45, 7) is 4.24. The van der Waals surface area contributed by atoms with Gasteiger partial charge in [0.2, 0.25) is 0 Å². The van der Waals surface area contributed by atoms with Crippen LogP contribution in [0.25, 0.3) is 0 Å². The van der Waals surface area contributed by atoms with Crippen LogP contribution in [0.1, 0.15) is 27.0 Å². The summed E-state index contributed by atoms with van der Waals surface area (Å²) in [5.74, 6) is -0.00370. The standard InChI is InChI=1S/C17H19NO3/c1-11-5-4-6-12(2)15(11)10-21-17(19)14-8-7-13(18)9-16(14)20-3/h4-9H,10,18H2,1-3H3. The first-order valence-corrected chi connectivity index (χ1v) is 6.68. The summed E-state index contributed by atoms with van der Waals surface area (Å²) in [7, 11) is 1.50. The molecule has 4 nitrogen and oxygen atoms in total. The largest absolute Gasteiger partial charge is 0.496 e. The van der Waals surface area contributed by atoms with Crippen molar-refractivity contribution in [2.75, 3.05) is 12.8 Å². The average molecular weight is 285 g/mol. The number of benzene rings is 2. The Hall–Kier alpha value is -2.49. The van der Waals surface area contributed by atoms with Crippen molar-refractivity contribution in [1.82, 2.24) is 0 Å². The number of carbonyl (C=O) groups is 1. The van der Waals surface area contributed by atoms with Crippen LogP contribution in [0.4, 0.5) is 5.69 Å². The van der Waals surface area contributed by atoms with E-state index in [1.54, 1.807) is 18.2 Å². The van der Waals surface area contributed by atoms with Crippen molar-refractivity contribution >= 4 is 11.7 Å². The molecule has 2 N–H and O–H groups in total. The van der Waals surface area contributed by atoms with Crippen LogP contribution in [0.2, 0.25) is 0 Å². The van der Waals surface area contributed by atoms with Crippen molar-refractivity contribution in [1.29, 1.82) is 0 Å². The van der Waals surface area contributed by atoms with Gasteiger partial charge in [0.1, 0.15) is 17.9 Å². The van der Waals surface area contributed by atoms with Crippen LogP contribution in [-0.4, -0.2) is 13.1 Å². The van der Waals surface area contributed by atoms with Gasteiger partial charge in [0, 0.05) is 11.8 Å². The molecule has 2 aromatic rings. The number of carbonyl (C=O) groups excluding carboxylic acids is 1. The van der Waals surface area contributed by atoms with E-state index in [1.165, 1.54) is 7.11 Å². The van der Waals surface area contributed by atoms with E-state index < -0.39 is 5.97 Å². The SMILES string of the molecule is COc1cc(N)ccc1C(=O)OCc1c(C)cccc1C. The van der Waals surface area contributed by atoms with Crippen LogP contribution in [0, 0.1) is 13.8 Å². The fourth-order valence-corrected chi connectivity index (χ4v) is 2.17. The smallest absolute Gasteiger partial charge is 0.342 e. The zero-order chi connectivity index (χ0) is 15.4. The fraction of sp³-hybridized carbons (Fsp3) is 0.235. The Morgan fingerprint density at radius 3 is 2.43 bits per heavy atom. The molecule has 110 valence electrons. The highest BCUT2D eigenvalue weighted by atomic mass is 16.5. The van der Waals surface area contributed by atoms with Crippen molar-refractivity contribution in [3.05, 3.63) is 58.7 Å². The van der Waals surface area contributed by atoms with Crippen molar-refractivity contribution in [2.45, 2.75) is 20.5 Å². The molecule has 0 aliphatic rings. The second-order valence-corrected chi connectivity index (χ2v) is 4.91. The Kier molecular flexibility index (Phi) is 4.48. The van der Waals surface area contributed by atoms with E-state index in [0.29, 0.717) is 17.0 Å². The molecule has 0 radical (unpaired) electrons. The summed E-state index contributed by atoms with van der Waals surface area (Å²) in [5, 5.41) is 0. The van der Waals surface area contributed by atoms with E-state index in [0.717, 1.165) is 16.7 Å². The average Bonchev–Trinajstić information content (AvgIpc) is 2.46. The lowest BCUT2D eigenvalue weighted by atomic mass is 10.0. The Morgan fingerprint density at radius 2 is 1.81 bits per heavy atom. The van der Waals surface area contributed by atoms with Gasteiger partial charge in [-0.15, -0.1) is 0 Å². The van der Waals surface area contributed by atoms with Gasteiger partial charge >= 0.3 is 5.97 Å².